The van der Waals surface area contributed by atoms with Crippen LogP contribution in [0.4, 0.5) is 17.1 Å². The summed E-state index contributed by atoms with van der Waals surface area (Å²) in [4.78, 5) is 2.36. The van der Waals surface area contributed by atoms with Crippen LogP contribution in [0.15, 0.2) is 249 Å². The third kappa shape index (κ3) is 5.70. The molecule has 0 amide bonds. The number of anilines is 3. The average Bonchev–Trinajstić information content (AvgIpc) is 3.82. The van der Waals surface area contributed by atoms with E-state index in [-0.39, 0.29) is 0 Å². The first-order valence-corrected chi connectivity index (χ1v) is 21.5. The summed E-state index contributed by atoms with van der Waals surface area (Å²) in [5.74, 6) is 0. The molecule has 1 heteroatoms. The van der Waals surface area contributed by atoms with Crippen molar-refractivity contribution < 1.29 is 0 Å². The molecular formula is C61H41N. The highest BCUT2D eigenvalue weighted by atomic mass is 15.1. The van der Waals surface area contributed by atoms with Gasteiger partial charge in [-0.2, -0.15) is 0 Å². The first-order valence-electron chi connectivity index (χ1n) is 21.5. The van der Waals surface area contributed by atoms with Gasteiger partial charge in [0, 0.05) is 17.1 Å². The van der Waals surface area contributed by atoms with Crippen LogP contribution in [-0.2, 0) is 5.41 Å². The molecule has 0 aliphatic heterocycles. The van der Waals surface area contributed by atoms with Crippen molar-refractivity contribution in [1.29, 1.82) is 0 Å². The highest BCUT2D eigenvalue weighted by Gasteiger charge is 2.51. The van der Waals surface area contributed by atoms with Crippen LogP contribution < -0.4 is 4.90 Å². The predicted molar refractivity (Wildman–Crippen MR) is 259 cm³/mol. The Morgan fingerprint density at radius 1 is 0.210 bits per heavy atom. The Kier molecular flexibility index (Phi) is 8.47. The highest BCUT2D eigenvalue weighted by Crippen LogP contribution is 2.63. The molecule has 2 aliphatic carbocycles. The Morgan fingerprint density at radius 3 is 1.02 bits per heavy atom. The maximum Gasteiger partial charge on any atom is 0.0725 e. The molecule has 0 heterocycles. The Labute approximate surface area is 363 Å². The molecule has 0 bridgehead atoms. The summed E-state index contributed by atoms with van der Waals surface area (Å²) >= 11 is 0. The van der Waals surface area contributed by atoms with Crippen molar-refractivity contribution in [1.82, 2.24) is 0 Å². The first-order chi connectivity index (χ1) is 30.7. The van der Waals surface area contributed by atoms with E-state index in [4.69, 9.17) is 0 Å². The molecule has 10 aromatic carbocycles. The lowest BCUT2D eigenvalue weighted by atomic mass is 9.70. The van der Waals surface area contributed by atoms with Gasteiger partial charge in [-0.05, 0) is 138 Å². The number of rotatable bonds is 7. The van der Waals surface area contributed by atoms with E-state index < -0.39 is 5.41 Å². The first kappa shape index (κ1) is 35.9. The van der Waals surface area contributed by atoms with Gasteiger partial charge in [-0.3, -0.25) is 0 Å². The summed E-state index contributed by atoms with van der Waals surface area (Å²) < 4.78 is 0. The maximum atomic E-state index is 2.48. The highest BCUT2D eigenvalue weighted by molar-refractivity contribution is 5.97. The smallest absolute Gasteiger partial charge is 0.0725 e. The monoisotopic (exact) mass is 787 g/mol. The summed E-state index contributed by atoms with van der Waals surface area (Å²) in [5.41, 5.74) is 23.2. The number of fused-ring (bicyclic) bond motifs is 10. The molecule has 0 N–H and O–H groups in total. The molecule has 0 saturated heterocycles. The van der Waals surface area contributed by atoms with Gasteiger partial charge in [-0.1, -0.05) is 200 Å². The Balaban J connectivity index is 0.974. The largest absolute Gasteiger partial charge is 0.311 e. The lowest BCUT2D eigenvalue weighted by molar-refractivity contribution is 0.794. The summed E-state index contributed by atoms with van der Waals surface area (Å²) in [6.07, 6.45) is 0. The van der Waals surface area contributed by atoms with Crippen LogP contribution in [0, 0.1) is 0 Å². The minimum atomic E-state index is -0.419. The van der Waals surface area contributed by atoms with Gasteiger partial charge in [0.15, 0.2) is 0 Å². The van der Waals surface area contributed by atoms with E-state index in [0.29, 0.717) is 0 Å². The standard InChI is InChI=1S/C61H41N/c1-4-14-42(15-5-1)45-24-32-50(33-25-45)62(51-34-26-46(27-35-51)43-16-6-2-7-17-43)52-36-28-47(29-37-52)49-30-38-55-56-40-48(44-18-8-3-9-19-44)31-39-59(56)61(60(55)41-49)57-22-12-10-20-53(57)54-21-11-13-23-58(54)61/h1-41H. The number of hydrogen-bond donors (Lipinski definition) is 0. The molecule has 12 rings (SSSR count). The van der Waals surface area contributed by atoms with E-state index in [1.165, 1.54) is 89.0 Å². The van der Waals surface area contributed by atoms with Crippen LogP contribution in [0.25, 0.3) is 66.8 Å². The summed E-state index contributed by atoms with van der Waals surface area (Å²) in [6.45, 7) is 0. The molecule has 62 heavy (non-hydrogen) atoms. The predicted octanol–water partition coefficient (Wildman–Crippen LogP) is 16.2. The van der Waals surface area contributed by atoms with E-state index in [9.17, 15) is 0 Å². The Morgan fingerprint density at radius 2 is 0.532 bits per heavy atom. The molecule has 290 valence electrons. The van der Waals surface area contributed by atoms with Crippen LogP contribution >= 0.6 is 0 Å². The van der Waals surface area contributed by atoms with Gasteiger partial charge in [0.05, 0.1) is 5.41 Å². The quantitative estimate of drug-likeness (QED) is 0.155. The molecule has 0 unspecified atom stereocenters. The fourth-order valence-electron chi connectivity index (χ4n) is 10.3. The minimum Gasteiger partial charge on any atom is -0.311 e. The van der Waals surface area contributed by atoms with Gasteiger partial charge >= 0.3 is 0 Å². The summed E-state index contributed by atoms with van der Waals surface area (Å²) in [7, 11) is 0. The second-order valence-electron chi connectivity index (χ2n) is 16.4. The van der Waals surface area contributed by atoms with Crippen molar-refractivity contribution in [3.05, 3.63) is 271 Å². The second-order valence-corrected chi connectivity index (χ2v) is 16.4. The van der Waals surface area contributed by atoms with Gasteiger partial charge < -0.3 is 4.90 Å². The van der Waals surface area contributed by atoms with E-state index in [0.717, 1.165) is 17.1 Å². The minimum absolute atomic E-state index is 0.419. The Bertz CT molecular complexity index is 3110. The van der Waals surface area contributed by atoms with Gasteiger partial charge in [0.25, 0.3) is 0 Å². The molecule has 0 aromatic heterocycles. The van der Waals surface area contributed by atoms with E-state index in [1.807, 2.05) is 0 Å². The van der Waals surface area contributed by atoms with Crippen molar-refractivity contribution >= 4 is 17.1 Å². The summed E-state index contributed by atoms with van der Waals surface area (Å²) in [6, 6.07) is 91.3. The average molecular weight is 788 g/mol. The lowest BCUT2D eigenvalue weighted by Gasteiger charge is -2.31. The van der Waals surface area contributed by atoms with Crippen molar-refractivity contribution in [3.8, 4) is 66.8 Å². The van der Waals surface area contributed by atoms with Gasteiger partial charge in [0.1, 0.15) is 0 Å². The molecular weight excluding hydrogens is 747 g/mol. The molecule has 0 fully saturated rings. The molecule has 2 aliphatic rings. The molecule has 0 radical (unpaired) electrons. The van der Waals surface area contributed by atoms with Gasteiger partial charge in [-0.15, -0.1) is 0 Å². The zero-order valence-electron chi connectivity index (χ0n) is 34.1. The SMILES string of the molecule is c1ccc(-c2ccc(N(c3ccc(-c4ccccc4)cc3)c3ccc(-c4ccc5c(c4)C4(c6ccccc6-c6ccccc64)c4ccc(-c6ccccc6)cc4-5)cc3)cc2)cc1. The van der Waals surface area contributed by atoms with Gasteiger partial charge in [0.2, 0.25) is 0 Å². The van der Waals surface area contributed by atoms with Crippen LogP contribution in [0.5, 0.6) is 0 Å². The number of benzene rings is 10. The molecule has 0 atom stereocenters. The van der Waals surface area contributed by atoms with E-state index >= 15 is 0 Å². The molecule has 1 spiro atoms. The van der Waals surface area contributed by atoms with Crippen molar-refractivity contribution in [2.24, 2.45) is 0 Å². The fraction of sp³-hybridized carbons (Fsp3) is 0.0164. The number of hydrogen-bond acceptors (Lipinski definition) is 1. The van der Waals surface area contributed by atoms with Crippen molar-refractivity contribution in [2.75, 3.05) is 4.90 Å². The normalized spacial score (nSPS) is 12.6. The third-order valence-corrected chi connectivity index (χ3v) is 13.1. The van der Waals surface area contributed by atoms with Gasteiger partial charge in [-0.25, -0.2) is 0 Å². The molecule has 1 nitrogen and oxygen atoms in total. The van der Waals surface area contributed by atoms with Crippen LogP contribution in [-0.4, -0.2) is 0 Å². The fourth-order valence-corrected chi connectivity index (χ4v) is 10.3. The van der Waals surface area contributed by atoms with Crippen molar-refractivity contribution in [3.63, 3.8) is 0 Å². The van der Waals surface area contributed by atoms with Crippen LogP contribution in [0.1, 0.15) is 22.3 Å². The molecule has 0 saturated carbocycles. The maximum absolute atomic E-state index is 2.48. The second kappa shape index (κ2) is 14.6. The lowest BCUT2D eigenvalue weighted by Crippen LogP contribution is -2.25. The van der Waals surface area contributed by atoms with Crippen molar-refractivity contribution in [2.45, 2.75) is 5.41 Å². The topological polar surface area (TPSA) is 3.24 Å². The zero-order valence-corrected chi connectivity index (χ0v) is 34.1. The molecule has 10 aromatic rings. The number of nitrogens with zero attached hydrogens (tertiary/aromatic N) is 1. The zero-order chi connectivity index (χ0) is 41.0. The van der Waals surface area contributed by atoms with E-state index in [1.54, 1.807) is 0 Å². The van der Waals surface area contributed by atoms with Crippen LogP contribution in [0.3, 0.4) is 0 Å². The third-order valence-electron chi connectivity index (χ3n) is 13.1. The Hall–Kier alpha value is -8.00. The van der Waals surface area contributed by atoms with Crippen LogP contribution in [0.2, 0.25) is 0 Å². The summed E-state index contributed by atoms with van der Waals surface area (Å²) in [5, 5.41) is 0. The van der Waals surface area contributed by atoms with E-state index in [2.05, 4.69) is 254 Å².